The Labute approximate surface area is 163 Å². The standard InChI is InChI=1S/C22H20N2O2S/c1-3-26-22(25)15(2)14-27-20-11-10-19-18(5-4-12-24-19)21(20)17-8-6-16(13-23)7-9-17/h4-12,15H,3,14H2,1-2H3. The van der Waals surface area contributed by atoms with Gasteiger partial charge in [-0.25, -0.2) is 0 Å². The Morgan fingerprint density at radius 1 is 1.22 bits per heavy atom. The molecule has 0 saturated carbocycles. The summed E-state index contributed by atoms with van der Waals surface area (Å²) in [7, 11) is 0. The van der Waals surface area contributed by atoms with Crippen LogP contribution in [0.4, 0.5) is 0 Å². The van der Waals surface area contributed by atoms with Crippen LogP contribution >= 0.6 is 11.8 Å². The third-order valence-corrected chi connectivity index (χ3v) is 5.55. The highest BCUT2D eigenvalue weighted by Crippen LogP contribution is 2.38. The van der Waals surface area contributed by atoms with E-state index >= 15 is 0 Å². The molecule has 4 nitrogen and oxygen atoms in total. The molecule has 0 radical (unpaired) electrons. The van der Waals surface area contributed by atoms with Crippen molar-refractivity contribution in [1.29, 1.82) is 5.26 Å². The molecule has 3 aromatic rings. The van der Waals surface area contributed by atoms with Crippen molar-refractivity contribution in [3.63, 3.8) is 0 Å². The minimum Gasteiger partial charge on any atom is -0.466 e. The molecule has 0 N–H and O–H groups in total. The Morgan fingerprint density at radius 2 is 2.00 bits per heavy atom. The number of nitriles is 1. The first-order valence-electron chi connectivity index (χ1n) is 8.81. The highest BCUT2D eigenvalue weighted by atomic mass is 32.2. The Bertz CT molecular complexity index is 993. The minimum absolute atomic E-state index is 0.174. The van der Waals surface area contributed by atoms with Crippen LogP contribution in [-0.2, 0) is 9.53 Å². The maximum absolute atomic E-state index is 11.9. The van der Waals surface area contributed by atoms with Gasteiger partial charge in [0, 0.05) is 27.8 Å². The molecule has 1 heterocycles. The summed E-state index contributed by atoms with van der Waals surface area (Å²) in [4.78, 5) is 17.5. The van der Waals surface area contributed by atoms with E-state index in [1.54, 1.807) is 18.0 Å². The molecule has 0 spiro atoms. The molecular weight excluding hydrogens is 356 g/mol. The number of pyridine rings is 1. The number of hydrogen-bond donors (Lipinski definition) is 0. The molecule has 27 heavy (non-hydrogen) atoms. The van der Waals surface area contributed by atoms with Crippen molar-refractivity contribution in [3.05, 3.63) is 60.3 Å². The normalized spacial score (nSPS) is 11.7. The Balaban J connectivity index is 1.99. The minimum atomic E-state index is -0.187. The molecule has 0 aliphatic rings. The lowest BCUT2D eigenvalue weighted by Crippen LogP contribution is -2.16. The highest BCUT2D eigenvalue weighted by Gasteiger charge is 2.17. The number of hydrogen-bond acceptors (Lipinski definition) is 5. The average Bonchev–Trinajstić information content (AvgIpc) is 2.71. The van der Waals surface area contributed by atoms with Gasteiger partial charge in [0.15, 0.2) is 0 Å². The molecule has 2 aromatic carbocycles. The monoisotopic (exact) mass is 376 g/mol. The summed E-state index contributed by atoms with van der Waals surface area (Å²) < 4.78 is 5.11. The number of esters is 1. The Hall–Kier alpha value is -2.84. The zero-order valence-corrected chi connectivity index (χ0v) is 16.1. The van der Waals surface area contributed by atoms with Crippen LogP contribution in [0.3, 0.4) is 0 Å². The fraction of sp³-hybridized carbons (Fsp3) is 0.227. The van der Waals surface area contributed by atoms with E-state index in [0.717, 1.165) is 26.9 Å². The molecule has 3 rings (SSSR count). The fourth-order valence-electron chi connectivity index (χ4n) is 2.83. The third kappa shape index (κ3) is 4.29. The lowest BCUT2D eigenvalue weighted by molar-refractivity contribution is -0.146. The molecule has 0 amide bonds. The van der Waals surface area contributed by atoms with Crippen molar-refractivity contribution in [2.45, 2.75) is 18.7 Å². The number of thioether (sulfide) groups is 1. The van der Waals surface area contributed by atoms with Crippen molar-refractivity contribution >= 4 is 28.6 Å². The maximum Gasteiger partial charge on any atom is 0.309 e. The first-order valence-corrected chi connectivity index (χ1v) is 9.80. The van der Waals surface area contributed by atoms with Gasteiger partial charge in [0.05, 0.1) is 29.7 Å². The lowest BCUT2D eigenvalue weighted by Gasteiger charge is -2.15. The second-order valence-corrected chi connectivity index (χ2v) is 7.22. The zero-order valence-electron chi connectivity index (χ0n) is 15.3. The quantitative estimate of drug-likeness (QED) is 0.444. The van der Waals surface area contributed by atoms with Crippen LogP contribution in [-0.4, -0.2) is 23.3 Å². The van der Waals surface area contributed by atoms with Crippen LogP contribution in [0.5, 0.6) is 0 Å². The molecule has 0 fully saturated rings. The van der Waals surface area contributed by atoms with Gasteiger partial charge in [0.25, 0.3) is 0 Å². The number of benzene rings is 2. The molecule has 0 saturated heterocycles. The van der Waals surface area contributed by atoms with E-state index in [0.29, 0.717) is 17.9 Å². The van der Waals surface area contributed by atoms with Crippen molar-refractivity contribution in [2.75, 3.05) is 12.4 Å². The van der Waals surface area contributed by atoms with E-state index in [1.807, 2.05) is 56.3 Å². The second kappa shape index (κ2) is 8.70. The van der Waals surface area contributed by atoms with Gasteiger partial charge < -0.3 is 4.74 Å². The summed E-state index contributed by atoms with van der Waals surface area (Å²) >= 11 is 1.64. The highest BCUT2D eigenvalue weighted by molar-refractivity contribution is 7.99. The van der Waals surface area contributed by atoms with Gasteiger partial charge in [-0.15, -0.1) is 11.8 Å². The molecule has 1 unspecified atom stereocenters. The van der Waals surface area contributed by atoms with Gasteiger partial charge in [0.2, 0.25) is 0 Å². The number of nitrogens with zero attached hydrogens (tertiary/aromatic N) is 2. The molecule has 136 valence electrons. The lowest BCUT2D eigenvalue weighted by atomic mass is 9.99. The summed E-state index contributed by atoms with van der Waals surface area (Å²) in [6, 6.07) is 17.7. The van der Waals surface area contributed by atoms with Gasteiger partial charge in [-0.3, -0.25) is 9.78 Å². The number of carbonyl (C=O) groups is 1. The van der Waals surface area contributed by atoms with Gasteiger partial charge in [-0.2, -0.15) is 5.26 Å². The number of fused-ring (bicyclic) bond motifs is 1. The Morgan fingerprint density at radius 3 is 2.70 bits per heavy atom. The van der Waals surface area contributed by atoms with Gasteiger partial charge in [0.1, 0.15) is 0 Å². The largest absolute Gasteiger partial charge is 0.466 e. The summed E-state index contributed by atoms with van der Waals surface area (Å²) in [6.07, 6.45) is 1.78. The molecule has 5 heteroatoms. The summed E-state index contributed by atoms with van der Waals surface area (Å²) in [6.45, 7) is 4.10. The molecule has 1 aromatic heterocycles. The van der Waals surface area contributed by atoms with Crippen molar-refractivity contribution in [2.24, 2.45) is 5.92 Å². The van der Waals surface area contributed by atoms with E-state index < -0.39 is 0 Å². The molecule has 0 aliphatic heterocycles. The van der Waals surface area contributed by atoms with E-state index in [2.05, 4.69) is 17.1 Å². The topological polar surface area (TPSA) is 63.0 Å². The third-order valence-electron chi connectivity index (χ3n) is 4.23. The number of carbonyl (C=O) groups excluding carboxylic acids is 1. The van der Waals surface area contributed by atoms with Crippen LogP contribution < -0.4 is 0 Å². The molecule has 1 atom stereocenters. The van der Waals surface area contributed by atoms with Crippen molar-refractivity contribution in [1.82, 2.24) is 4.98 Å². The SMILES string of the molecule is CCOC(=O)C(C)CSc1ccc2ncccc2c1-c1ccc(C#N)cc1. The van der Waals surface area contributed by atoms with Crippen LogP contribution in [0.1, 0.15) is 19.4 Å². The summed E-state index contributed by atoms with van der Waals surface area (Å²) in [5.74, 6) is 0.272. The van der Waals surface area contributed by atoms with Crippen molar-refractivity contribution in [3.8, 4) is 17.2 Å². The first kappa shape index (κ1) is 18.9. The van der Waals surface area contributed by atoms with E-state index in [9.17, 15) is 4.79 Å². The number of rotatable bonds is 6. The van der Waals surface area contributed by atoms with E-state index in [4.69, 9.17) is 10.00 Å². The first-order chi connectivity index (χ1) is 13.1. The molecule has 0 bridgehead atoms. The second-order valence-electron chi connectivity index (χ2n) is 6.16. The predicted molar refractivity (Wildman–Crippen MR) is 108 cm³/mol. The van der Waals surface area contributed by atoms with Crippen LogP contribution in [0.2, 0.25) is 0 Å². The van der Waals surface area contributed by atoms with E-state index in [1.165, 1.54) is 0 Å². The zero-order chi connectivity index (χ0) is 19.2. The summed E-state index contributed by atoms with van der Waals surface area (Å²) in [5.41, 5.74) is 3.65. The number of aromatic nitrogens is 1. The fourth-order valence-corrected chi connectivity index (χ4v) is 3.93. The van der Waals surface area contributed by atoms with Crippen LogP contribution in [0.25, 0.3) is 22.0 Å². The molecular formula is C22H20N2O2S. The van der Waals surface area contributed by atoms with Crippen molar-refractivity contribution < 1.29 is 9.53 Å². The van der Waals surface area contributed by atoms with Crippen LogP contribution in [0, 0.1) is 17.2 Å². The summed E-state index contributed by atoms with van der Waals surface area (Å²) in [5, 5.41) is 10.1. The Kier molecular flexibility index (Phi) is 6.10. The van der Waals surface area contributed by atoms with Crippen LogP contribution in [0.15, 0.2) is 59.6 Å². The van der Waals surface area contributed by atoms with Gasteiger partial charge >= 0.3 is 5.97 Å². The molecule has 0 aliphatic carbocycles. The van der Waals surface area contributed by atoms with Gasteiger partial charge in [-0.1, -0.05) is 25.1 Å². The smallest absolute Gasteiger partial charge is 0.309 e. The predicted octanol–water partition coefficient (Wildman–Crippen LogP) is 5.06. The van der Waals surface area contributed by atoms with E-state index in [-0.39, 0.29) is 11.9 Å². The number of ether oxygens (including phenoxy) is 1. The van der Waals surface area contributed by atoms with Gasteiger partial charge in [-0.05, 0) is 42.8 Å². The average molecular weight is 376 g/mol. The maximum atomic E-state index is 11.9.